The van der Waals surface area contributed by atoms with E-state index in [1.54, 1.807) is 0 Å². The molecular weight excluding hydrogens is 394 g/mol. The maximum Gasteiger partial charge on any atom is 0.129 e. The molecule has 4 unspecified atom stereocenters. The van der Waals surface area contributed by atoms with Gasteiger partial charge in [0.25, 0.3) is 0 Å². The van der Waals surface area contributed by atoms with E-state index in [2.05, 4.69) is 46.0 Å². The van der Waals surface area contributed by atoms with E-state index in [-0.39, 0.29) is 0 Å². The number of benzene rings is 1. The number of nitriles is 1. The van der Waals surface area contributed by atoms with E-state index in [1.807, 2.05) is 30.5 Å². The van der Waals surface area contributed by atoms with Crippen molar-refractivity contribution in [2.24, 2.45) is 11.8 Å². The van der Waals surface area contributed by atoms with Crippen LogP contribution in [0.15, 0.2) is 49.2 Å². The molecule has 5 nitrogen and oxygen atoms in total. The van der Waals surface area contributed by atoms with Crippen molar-refractivity contribution in [1.82, 2.24) is 10.3 Å². The van der Waals surface area contributed by atoms with Gasteiger partial charge in [-0.3, -0.25) is 0 Å². The number of rotatable bonds is 3. The third-order valence-electron chi connectivity index (χ3n) is 7.74. The molecule has 32 heavy (non-hydrogen) atoms. The number of hydrogen-bond donors (Lipinski definition) is 1. The van der Waals surface area contributed by atoms with E-state index in [0.717, 1.165) is 49.5 Å². The number of anilines is 2. The van der Waals surface area contributed by atoms with Crippen molar-refractivity contribution in [3.05, 3.63) is 60.3 Å². The second kappa shape index (κ2) is 9.34. The van der Waals surface area contributed by atoms with Gasteiger partial charge < -0.3 is 15.1 Å². The Balaban J connectivity index is 1.43. The summed E-state index contributed by atoms with van der Waals surface area (Å²) in [5, 5.41) is 13.1. The molecule has 0 bridgehead atoms. The molecule has 2 aromatic rings. The Labute approximate surface area is 191 Å². The Morgan fingerprint density at radius 1 is 1.06 bits per heavy atom. The molecule has 0 spiro atoms. The summed E-state index contributed by atoms with van der Waals surface area (Å²) in [5.74, 6) is 2.32. The van der Waals surface area contributed by atoms with E-state index in [1.165, 1.54) is 31.4 Å². The number of hydrogen-bond acceptors (Lipinski definition) is 5. The lowest BCUT2D eigenvalue weighted by atomic mass is 9.80. The number of fused-ring (bicyclic) bond motifs is 2. The summed E-state index contributed by atoms with van der Waals surface area (Å²) in [6.07, 6.45) is 10.2. The number of piperidine rings is 1. The molecule has 3 fully saturated rings. The van der Waals surface area contributed by atoms with Crippen molar-refractivity contribution in [2.75, 3.05) is 36.0 Å². The normalized spacial score (nSPS) is 28.0. The van der Waals surface area contributed by atoms with Crippen molar-refractivity contribution in [1.29, 1.82) is 5.26 Å². The molecule has 0 amide bonds. The second-order valence-electron chi connectivity index (χ2n) is 9.58. The summed E-state index contributed by atoms with van der Waals surface area (Å²) in [4.78, 5) is 9.95. The summed E-state index contributed by atoms with van der Waals surface area (Å²) >= 11 is 0. The van der Waals surface area contributed by atoms with Crippen LogP contribution in [0.4, 0.5) is 11.5 Å². The highest BCUT2D eigenvalue weighted by Gasteiger charge is 2.39. The monoisotopic (exact) mass is 427 g/mol. The fraction of sp³-hybridized carbons (Fsp3) is 0.481. The Morgan fingerprint density at radius 2 is 1.91 bits per heavy atom. The zero-order chi connectivity index (χ0) is 21.9. The van der Waals surface area contributed by atoms with Gasteiger partial charge in [-0.05, 0) is 67.1 Å². The highest BCUT2D eigenvalue weighted by atomic mass is 15.3. The molecule has 5 rings (SSSR count). The van der Waals surface area contributed by atoms with Crippen molar-refractivity contribution < 1.29 is 0 Å². The highest BCUT2D eigenvalue weighted by molar-refractivity contribution is 5.55. The van der Waals surface area contributed by atoms with Crippen LogP contribution in [0.25, 0.3) is 6.08 Å². The molecule has 3 heterocycles. The minimum absolute atomic E-state index is 0.479. The first-order chi connectivity index (χ1) is 15.7. The highest BCUT2D eigenvalue weighted by Crippen LogP contribution is 2.35. The predicted molar refractivity (Wildman–Crippen MR) is 131 cm³/mol. The lowest BCUT2D eigenvalue weighted by Crippen LogP contribution is -2.60. The molecule has 2 aliphatic heterocycles. The van der Waals surface area contributed by atoms with Crippen LogP contribution in [0, 0.1) is 23.2 Å². The maximum atomic E-state index is 9.13. The molecule has 0 radical (unpaired) electrons. The van der Waals surface area contributed by atoms with Crippen LogP contribution in [0.5, 0.6) is 0 Å². The van der Waals surface area contributed by atoms with Gasteiger partial charge in [0.2, 0.25) is 0 Å². The third-order valence-corrected chi connectivity index (χ3v) is 7.74. The number of nitrogens with one attached hydrogen (secondary N) is 1. The van der Waals surface area contributed by atoms with Crippen molar-refractivity contribution in [3.8, 4) is 6.07 Å². The van der Waals surface area contributed by atoms with Gasteiger partial charge in [0.15, 0.2) is 0 Å². The lowest BCUT2D eigenvalue weighted by molar-refractivity contribution is 0.202. The van der Waals surface area contributed by atoms with Gasteiger partial charge in [-0.2, -0.15) is 5.26 Å². The largest absolute Gasteiger partial charge is 0.371 e. The van der Waals surface area contributed by atoms with E-state index in [9.17, 15) is 0 Å². The van der Waals surface area contributed by atoms with Crippen LogP contribution in [-0.2, 0) is 0 Å². The van der Waals surface area contributed by atoms with E-state index in [4.69, 9.17) is 10.2 Å². The standard InChI is InChI=1S/C27H33N5/c1-2-20-11-13-29-27(15-20)32-19-22-5-3-4-6-25(22)30-17-23-18-31(14-12-26(23)32)24-9-7-21(16-28)8-10-24/h2,7-11,13,15,22-23,25-26,30H,1,3-6,12,14,17-19H2. The average molecular weight is 428 g/mol. The van der Waals surface area contributed by atoms with Crippen molar-refractivity contribution in [2.45, 2.75) is 44.2 Å². The van der Waals surface area contributed by atoms with E-state index >= 15 is 0 Å². The number of nitrogens with zero attached hydrogens (tertiary/aromatic N) is 4. The van der Waals surface area contributed by atoms with Crippen LogP contribution >= 0.6 is 0 Å². The first-order valence-corrected chi connectivity index (χ1v) is 12.1. The first-order valence-electron chi connectivity index (χ1n) is 12.1. The molecule has 3 aliphatic rings. The molecular formula is C27H33N5. The summed E-state index contributed by atoms with van der Waals surface area (Å²) < 4.78 is 0. The molecule has 1 saturated carbocycles. The summed E-state index contributed by atoms with van der Waals surface area (Å²) in [5.41, 5.74) is 3.08. The molecule has 1 aromatic carbocycles. The van der Waals surface area contributed by atoms with Crippen LogP contribution < -0.4 is 15.1 Å². The molecule has 4 atom stereocenters. The molecule has 5 heteroatoms. The van der Waals surface area contributed by atoms with Gasteiger partial charge in [0.1, 0.15) is 5.82 Å². The van der Waals surface area contributed by atoms with Gasteiger partial charge in [-0.15, -0.1) is 0 Å². The molecule has 1 aromatic heterocycles. The lowest BCUT2D eigenvalue weighted by Gasteiger charge is -2.50. The topological polar surface area (TPSA) is 55.2 Å². The SMILES string of the molecule is C=Cc1ccnc(N2CC3CCCCC3NCC3CN(c4ccc(C#N)cc4)CCC32)c1. The minimum Gasteiger partial charge on any atom is -0.371 e. The summed E-state index contributed by atoms with van der Waals surface area (Å²) in [6.45, 7) is 8.16. The molecule has 1 N–H and O–H groups in total. The van der Waals surface area contributed by atoms with Gasteiger partial charge in [-0.1, -0.05) is 25.5 Å². The van der Waals surface area contributed by atoms with Crippen molar-refractivity contribution in [3.63, 3.8) is 0 Å². The van der Waals surface area contributed by atoms with Crippen molar-refractivity contribution >= 4 is 17.6 Å². The Bertz CT molecular complexity index is 978. The molecule has 166 valence electrons. The van der Waals surface area contributed by atoms with Gasteiger partial charge in [0, 0.05) is 56.1 Å². The molecule has 1 aliphatic carbocycles. The van der Waals surface area contributed by atoms with Crippen LogP contribution in [0.1, 0.15) is 43.2 Å². The van der Waals surface area contributed by atoms with Crippen LogP contribution in [0.2, 0.25) is 0 Å². The Morgan fingerprint density at radius 3 is 2.72 bits per heavy atom. The number of aromatic nitrogens is 1. The van der Waals surface area contributed by atoms with Gasteiger partial charge >= 0.3 is 0 Å². The molecule has 2 saturated heterocycles. The zero-order valence-electron chi connectivity index (χ0n) is 18.8. The van der Waals surface area contributed by atoms with E-state index in [0.29, 0.717) is 23.9 Å². The third kappa shape index (κ3) is 4.25. The number of pyridine rings is 1. The second-order valence-corrected chi connectivity index (χ2v) is 9.58. The fourth-order valence-electron chi connectivity index (χ4n) is 5.98. The Kier molecular flexibility index (Phi) is 6.14. The fourth-order valence-corrected chi connectivity index (χ4v) is 5.98. The quantitative estimate of drug-likeness (QED) is 0.784. The minimum atomic E-state index is 0.479. The van der Waals surface area contributed by atoms with E-state index < -0.39 is 0 Å². The van der Waals surface area contributed by atoms with Crippen LogP contribution in [0.3, 0.4) is 0 Å². The van der Waals surface area contributed by atoms with Crippen LogP contribution in [-0.4, -0.2) is 43.2 Å². The van der Waals surface area contributed by atoms with Gasteiger partial charge in [-0.25, -0.2) is 4.98 Å². The summed E-state index contributed by atoms with van der Waals surface area (Å²) in [6, 6.07) is 15.6. The first kappa shape index (κ1) is 21.0. The zero-order valence-corrected chi connectivity index (χ0v) is 18.8. The Hall–Kier alpha value is -2.84. The predicted octanol–water partition coefficient (Wildman–Crippen LogP) is 4.46. The van der Waals surface area contributed by atoms with Gasteiger partial charge in [0.05, 0.1) is 11.6 Å². The average Bonchev–Trinajstić information content (AvgIpc) is 2.85. The smallest absolute Gasteiger partial charge is 0.129 e. The summed E-state index contributed by atoms with van der Waals surface area (Å²) in [7, 11) is 0. The maximum absolute atomic E-state index is 9.13.